The maximum atomic E-state index is 11.8. The summed E-state index contributed by atoms with van der Waals surface area (Å²) in [6, 6.07) is 7.97. The van der Waals surface area contributed by atoms with E-state index >= 15 is 0 Å². The summed E-state index contributed by atoms with van der Waals surface area (Å²) in [5.74, 6) is 0.0453. The molecular weight excluding hydrogens is 292 g/mol. The molecule has 0 unspecified atom stereocenters. The van der Waals surface area contributed by atoms with Gasteiger partial charge in [-0.25, -0.2) is 0 Å². The monoisotopic (exact) mass is 312 g/mol. The number of hydrogen-bond acceptors (Lipinski definition) is 2. The summed E-state index contributed by atoms with van der Waals surface area (Å²) in [6.07, 6.45) is 1.15. The molecule has 0 aliphatic heterocycles. The molecule has 1 amide bonds. The van der Waals surface area contributed by atoms with Gasteiger partial charge in [0.25, 0.3) is 0 Å². The van der Waals surface area contributed by atoms with E-state index in [1.807, 2.05) is 45.0 Å². The summed E-state index contributed by atoms with van der Waals surface area (Å²) in [6.45, 7) is 5.84. The highest BCUT2D eigenvalue weighted by Crippen LogP contribution is 2.17. The van der Waals surface area contributed by atoms with Crippen LogP contribution >= 0.6 is 15.9 Å². The Morgan fingerprint density at radius 1 is 1.39 bits per heavy atom. The topological polar surface area (TPSA) is 55.1 Å². The van der Waals surface area contributed by atoms with Gasteiger partial charge in [-0.3, -0.25) is 4.79 Å². The zero-order chi connectivity index (χ0) is 13.8. The maximum Gasteiger partial charge on any atom is 0.220 e. The molecule has 1 atom stereocenters. The van der Waals surface area contributed by atoms with Crippen molar-refractivity contribution in [1.29, 1.82) is 0 Å². The van der Waals surface area contributed by atoms with E-state index in [-0.39, 0.29) is 17.5 Å². The minimum atomic E-state index is -0.293. The molecule has 0 saturated heterocycles. The summed E-state index contributed by atoms with van der Waals surface area (Å²) in [7, 11) is 0. The zero-order valence-electron chi connectivity index (χ0n) is 11.2. The number of benzene rings is 1. The van der Waals surface area contributed by atoms with Gasteiger partial charge in [-0.2, -0.15) is 0 Å². The Hall–Kier alpha value is -0.870. The third-order valence-corrected chi connectivity index (χ3v) is 3.27. The third kappa shape index (κ3) is 5.65. The zero-order valence-corrected chi connectivity index (χ0v) is 12.8. The fraction of sp³-hybridized carbons (Fsp3) is 0.500. The third-order valence-electron chi connectivity index (χ3n) is 2.74. The van der Waals surface area contributed by atoms with Crippen LogP contribution in [0.4, 0.5) is 0 Å². The van der Waals surface area contributed by atoms with Crippen molar-refractivity contribution in [1.82, 2.24) is 5.32 Å². The highest BCUT2D eigenvalue weighted by atomic mass is 79.9. The first-order valence-corrected chi connectivity index (χ1v) is 6.91. The molecule has 0 heterocycles. The van der Waals surface area contributed by atoms with E-state index in [2.05, 4.69) is 21.2 Å². The van der Waals surface area contributed by atoms with E-state index in [1.165, 1.54) is 0 Å². The number of nitrogens with two attached hydrogens (primary N) is 1. The van der Waals surface area contributed by atoms with Crippen LogP contribution in [-0.4, -0.2) is 11.4 Å². The first-order chi connectivity index (χ1) is 8.28. The lowest BCUT2D eigenvalue weighted by Crippen LogP contribution is -2.35. The molecule has 1 rings (SSSR count). The van der Waals surface area contributed by atoms with Crippen molar-refractivity contribution < 1.29 is 4.79 Å². The van der Waals surface area contributed by atoms with E-state index in [4.69, 9.17) is 5.73 Å². The van der Waals surface area contributed by atoms with E-state index < -0.39 is 0 Å². The summed E-state index contributed by atoms with van der Waals surface area (Å²) in [4.78, 5) is 11.8. The quantitative estimate of drug-likeness (QED) is 0.877. The van der Waals surface area contributed by atoms with Gasteiger partial charge in [-0.05, 0) is 44.9 Å². The number of nitrogens with one attached hydrogen (secondary N) is 1. The lowest BCUT2D eigenvalue weighted by atomic mass is 9.99. The Balaban J connectivity index is 2.47. The molecule has 100 valence electrons. The fourth-order valence-electron chi connectivity index (χ4n) is 1.58. The lowest BCUT2D eigenvalue weighted by molar-refractivity contribution is -0.122. The molecule has 0 aliphatic rings. The van der Waals surface area contributed by atoms with Crippen LogP contribution < -0.4 is 11.1 Å². The predicted octanol–water partition coefficient (Wildman–Crippen LogP) is 3.14. The number of rotatable bonds is 5. The number of carbonyl (C=O) groups excluding carboxylic acids is 1. The van der Waals surface area contributed by atoms with Crippen molar-refractivity contribution in [2.75, 3.05) is 0 Å². The molecule has 18 heavy (non-hydrogen) atoms. The van der Waals surface area contributed by atoms with Crippen LogP contribution in [0.15, 0.2) is 28.7 Å². The fourth-order valence-corrected chi connectivity index (χ4v) is 1.85. The number of hydrogen-bond donors (Lipinski definition) is 2. The summed E-state index contributed by atoms with van der Waals surface area (Å²) < 4.78 is 1.04. The van der Waals surface area contributed by atoms with Crippen LogP contribution in [0.2, 0.25) is 0 Å². The van der Waals surface area contributed by atoms with Crippen molar-refractivity contribution in [2.24, 2.45) is 5.73 Å². The molecule has 0 spiro atoms. The first-order valence-electron chi connectivity index (χ1n) is 6.11. The van der Waals surface area contributed by atoms with Crippen LogP contribution in [0.3, 0.4) is 0 Å². The van der Waals surface area contributed by atoms with Crippen molar-refractivity contribution in [3.05, 3.63) is 34.3 Å². The van der Waals surface area contributed by atoms with Crippen molar-refractivity contribution >= 4 is 21.8 Å². The summed E-state index contributed by atoms with van der Waals surface area (Å²) >= 11 is 3.39. The summed E-state index contributed by atoms with van der Waals surface area (Å²) in [5.41, 5.74) is 6.66. The second kappa shape index (κ2) is 6.34. The Kier molecular flexibility index (Phi) is 5.35. The van der Waals surface area contributed by atoms with Gasteiger partial charge < -0.3 is 11.1 Å². The molecule has 1 aromatic rings. The van der Waals surface area contributed by atoms with Crippen LogP contribution in [0.25, 0.3) is 0 Å². The van der Waals surface area contributed by atoms with Gasteiger partial charge in [-0.1, -0.05) is 28.1 Å². The second-order valence-electron chi connectivity index (χ2n) is 5.33. The van der Waals surface area contributed by atoms with Crippen molar-refractivity contribution in [3.63, 3.8) is 0 Å². The number of carbonyl (C=O) groups is 1. The van der Waals surface area contributed by atoms with E-state index in [1.54, 1.807) is 0 Å². The number of amides is 1. The van der Waals surface area contributed by atoms with Crippen LogP contribution in [0, 0.1) is 0 Å². The molecule has 0 radical (unpaired) electrons. The molecule has 0 saturated carbocycles. The first kappa shape index (κ1) is 15.2. The molecular formula is C14H21BrN2O. The average molecular weight is 313 g/mol. The van der Waals surface area contributed by atoms with Gasteiger partial charge >= 0.3 is 0 Å². The molecule has 0 fully saturated rings. The largest absolute Gasteiger partial charge is 0.350 e. The van der Waals surface area contributed by atoms with Gasteiger partial charge in [0, 0.05) is 16.4 Å². The summed E-state index contributed by atoms with van der Waals surface area (Å²) in [5, 5.41) is 2.98. The Bertz CT molecular complexity index is 395. The van der Waals surface area contributed by atoms with Gasteiger partial charge in [-0.15, -0.1) is 0 Å². The molecule has 3 N–H and O–H groups in total. The lowest BCUT2D eigenvalue weighted by Gasteiger charge is -2.19. The highest BCUT2D eigenvalue weighted by Gasteiger charge is 2.15. The highest BCUT2D eigenvalue weighted by molar-refractivity contribution is 9.10. The van der Waals surface area contributed by atoms with Gasteiger partial charge in [0.1, 0.15) is 0 Å². The van der Waals surface area contributed by atoms with Gasteiger partial charge in [0.2, 0.25) is 5.91 Å². The Morgan fingerprint density at radius 3 is 2.44 bits per heavy atom. The van der Waals surface area contributed by atoms with Crippen LogP contribution in [0.5, 0.6) is 0 Å². The second-order valence-corrected chi connectivity index (χ2v) is 6.25. The van der Waals surface area contributed by atoms with E-state index in [0.29, 0.717) is 12.8 Å². The average Bonchev–Trinajstić information content (AvgIpc) is 2.26. The standard InChI is InChI=1S/C14H21BrN2O/c1-10(11-4-6-12(15)7-5-11)17-13(18)8-9-14(2,3)16/h4-7,10H,8-9,16H2,1-3H3,(H,17,18)/t10-/m1/s1. The molecule has 1 aromatic carbocycles. The molecule has 3 nitrogen and oxygen atoms in total. The maximum absolute atomic E-state index is 11.8. The Labute approximate surface area is 117 Å². The van der Waals surface area contributed by atoms with Crippen molar-refractivity contribution in [3.8, 4) is 0 Å². The predicted molar refractivity (Wildman–Crippen MR) is 78.2 cm³/mol. The minimum Gasteiger partial charge on any atom is -0.350 e. The molecule has 4 heteroatoms. The smallest absolute Gasteiger partial charge is 0.220 e. The molecule has 0 aromatic heterocycles. The van der Waals surface area contributed by atoms with Crippen LogP contribution in [-0.2, 0) is 4.79 Å². The normalized spacial score (nSPS) is 13.2. The van der Waals surface area contributed by atoms with Crippen molar-refractivity contribution in [2.45, 2.75) is 45.2 Å². The van der Waals surface area contributed by atoms with Gasteiger partial charge in [0.15, 0.2) is 0 Å². The SMILES string of the molecule is C[C@@H](NC(=O)CCC(C)(C)N)c1ccc(Br)cc1. The van der Waals surface area contributed by atoms with E-state index in [9.17, 15) is 4.79 Å². The molecule has 0 bridgehead atoms. The minimum absolute atomic E-state index is 0.0199. The van der Waals surface area contributed by atoms with Gasteiger partial charge in [0.05, 0.1) is 6.04 Å². The van der Waals surface area contributed by atoms with E-state index in [0.717, 1.165) is 10.0 Å². The number of halogens is 1. The molecule has 0 aliphatic carbocycles. The Morgan fingerprint density at radius 2 is 1.94 bits per heavy atom. The van der Waals surface area contributed by atoms with Crippen LogP contribution in [0.1, 0.15) is 45.2 Å².